The lowest BCUT2D eigenvalue weighted by atomic mass is 10.0. The SMILES string of the molecule is CC(C)c1cc(C2CC2)c2ccc3nc(-c4nnco4)cn3c2n1. The average Bonchev–Trinajstić information content (AvgIpc) is 3.10. The molecule has 1 fully saturated rings. The second-order valence-corrected chi connectivity index (χ2v) is 6.73. The summed E-state index contributed by atoms with van der Waals surface area (Å²) in [6.45, 7) is 4.37. The Bertz CT molecular complexity index is 1040. The molecule has 24 heavy (non-hydrogen) atoms. The Morgan fingerprint density at radius 3 is 2.79 bits per heavy atom. The summed E-state index contributed by atoms with van der Waals surface area (Å²) in [5.74, 6) is 1.49. The van der Waals surface area contributed by atoms with E-state index in [9.17, 15) is 0 Å². The number of nitrogens with zero attached hydrogens (tertiary/aromatic N) is 5. The number of rotatable bonds is 3. The Labute approximate surface area is 138 Å². The van der Waals surface area contributed by atoms with Gasteiger partial charge in [0, 0.05) is 17.3 Å². The van der Waals surface area contributed by atoms with Gasteiger partial charge < -0.3 is 4.42 Å². The number of hydrogen-bond donors (Lipinski definition) is 0. The predicted octanol–water partition coefficient (Wildman–Crippen LogP) is 3.93. The molecule has 0 aromatic carbocycles. The molecular weight excluding hydrogens is 302 g/mol. The Morgan fingerprint density at radius 1 is 1.21 bits per heavy atom. The van der Waals surface area contributed by atoms with E-state index in [-0.39, 0.29) is 0 Å². The van der Waals surface area contributed by atoms with E-state index in [0.29, 0.717) is 23.4 Å². The minimum absolute atomic E-state index is 0.390. The highest BCUT2D eigenvalue weighted by molar-refractivity contribution is 5.84. The highest BCUT2D eigenvalue weighted by Gasteiger charge is 2.27. The molecule has 0 atom stereocenters. The summed E-state index contributed by atoms with van der Waals surface area (Å²) in [4.78, 5) is 9.52. The highest BCUT2D eigenvalue weighted by atomic mass is 16.4. The van der Waals surface area contributed by atoms with Gasteiger partial charge in [-0.3, -0.25) is 4.40 Å². The van der Waals surface area contributed by atoms with E-state index in [1.165, 1.54) is 30.2 Å². The molecule has 120 valence electrons. The van der Waals surface area contributed by atoms with Crippen LogP contribution in [-0.4, -0.2) is 24.6 Å². The molecule has 0 N–H and O–H groups in total. The van der Waals surface area contributed by atoms with E-state index in [1.807, 2.05) is 16.7 Å². The Morgan fingerprint density at radius 2 is 2.08 bits per heavy atom. The van der Waals surface area contributed by atoms with Gasteiger partial charge in [-0.1, -0.05) is 13.8 Å². The molecule has 4 aromatic rings. The van der Waals surface area contributed by atoms with Crippen molar-refractivity contribution in [3.63, 3.8) is 0 Å². The van der Waals surface area contributed by atoms with Gasteiger partial charge in [-0.25, -0.2) is 9.97 Å². The van der Waals surface area contributed by atoms with Crippen LogP contribution in [0.2, 0.25) is 0 Å². The second kappa shape index (κ2) is 4.87. The van der Waals surface area contributed by atoms with E-state index >= 15 is 0 Å². The van der Waals surface area contributed by atoms with Gasteiger partial charge in [0.25, 0.3) is 5.89 Å². The van der Waals surface area contributed by atoms with Crippen LogP contribution in [-0.2, 0) is 0 Å². The molecule has 0 unspecified atom stereocenters. The zero-order chi connectivity index (χ0) is 16.3. The largest absolute Gasteiger partial charge is 0.422 e. The fraction of sp³-hybridized carbons (Fsp3) is 0.333. The van der Waals surface area contributed by atoms with E-state index in [0.717, 1.165) is 17.0 Å². The normalized spacial score (nSPS) is 15.0. The quantitative estimate of drug-likeness (QED) is 0.572. The number of fused-ring (bicyclic) bond motifs is 3. The molecule has 0 radical (unpaired) electrons. The van der Waals surface area contributed by atoms with Crippen molar-refractivity contribution >= 4 is 16.7 Å². The van der Waals surface area contributed by atoms with Crippen molar-refractivity contribution in [2.45, 2.75) is 38.5 Å². The summed E-state index contributed by atoms with van der Waals surface area (Å²) in [7, 11) is 0. The molecule has 0 saturated heterocycles. The third-order valence-corrected chi connectivity index (χ3v) is 4.64. The maximum Gasteiger partial charge on any atom is 0.267 e. The lowest BCUT2D eigenvalue weighted by Crippen LogP contribution is -2.00. The van der Waals surface area contributed by atoms with Crippen molar-refractivity contribution in [2.24, 2.45) is 0 Å². The van der Waals surface area contributed by atoms with Gasteiger partial charge in [0.2, 0.25) is 6.39 Å². The summed E-state index contributed by atoms with van der Waals surface area (Å²) in [5, 5.41) is 8.89. The van der Waals surface area contributed by atoms with Crippen molar-refractivity contribution in [3.8, 4) is 11.6 Å². The summed E-state index contributed by atoms with van der Waals surface area (Å²) >= 11 is 0. The summed E-state index contributed by atoms with van der Waals surface area (Å²) in [5.41, 5.74) is 5.01. The molecule has 4 heterocycles. The monoisotopic (exact) mass is 319 g/mol. The lowest BCUT2D eigenvalue weighted by molar-refractivity contribution is 0.567. The number of pyridine rings is 2. The maximum absolute atomic E-state index is 5.28. The van der Waals surface area contributed by atoms with E-state index in [4.69, 9.17) is 9.40 Å². The van der Waals surface area contributed by atoms with Crippen LogP contribution in [0, 0.1) is 0 Å². The third kappa shape index (κ3) is 2.02. The van der Waals surface area contributed by atoms with Crippen LogP contribution < -0.4 is 0 Å². The van der Waals surface area contributed by atoms with Gasteiger partial charge in [0.15, 0.2) is 0 Å². The zero-order valence-electron chi connectivity index (χ0n) is 13.6. The van der Waals surface area contributed by atoms with Crippen molar-refractivity contribution < 1.29 is 4.42 Å². The maximum atomic E-state index is 5.28. The van der Waals surface area contributed by atoms with Gasteiger partial charge in [-0.05, 0) is 48.4 Å². The highest BCUT2D eigenvalue weighted by Crippen LogP contribution is 2.43. The first-order valence-electron chi connectivity index (χ1n) is 8.30. The summed E-state index contributed by atoms with van der Waals surface area (Å²) in [6, 6.07) is 6.46. The fourth-order valence-corrected chi connectivity index (χ4v) is 3.19. The standard InChI is InChI=1S/C18H17N5O/c1-10(2)14-7-13(11-3-4-11)12-5-6-16-20-15(18-22-19-9-24-18)8-23(16)17(12)21-14/h5-11H,3-4H2,1-2H3. The Kier molecular flexibility index (Phi) is 2.77. The first kappa shape index (κ1) is 13.7. The summed E-state index contributed by atoms with van der Waals surface area (Å²) in [6.07, 6.45) is 5.79. The number of hydrogen-bond acceptors (Lipinski definition) is 5. The summed E-state index contributed by atoms with van der Waals surface area (Å²) < 4.78 is 7.31. The lowest BCUT2D eigenvalue weighted by Gasteiger charge is -2.12. The minimum atomic E-state index is 0.390. The fourth-order valence-electron chi connectivity index (χ4n) is 3.19. The first-order chi connectivity index (χ1) is 11.7. The smallest absolute Gasteiger partial charge is 0.267 e. The molecule has 6 heteroatoms. The van der Waals surface area contributed by atoms with Crippen LogP contribution in [0.25, 0.3) is 28.3 Å². The van der Waals surface area contributed by atoms with Gasteiger partial charge in [0.1, 0.15) is 17.0 Å². The average molecular weight is 319 g/mol. The molecule has 1 aliphatic carbocycles. The molecule has 0 bridgehead atoms. The molecule has 1 aliphatic rings. The predicted molar refractivity (Wildman–Crippen MR) is 89.8 cm³/mol. The Balaban J connectivity index is 1.82. The van der Waals surface area contributed by atoms with Gasteiger partial charge >= 0.3 is 0 Å². The van der Waals surface area contributed by atoms with Crippen molar-refractivity contribution in [1.82, 2.24) is 24.6 Å². The topological polar surface area (TPSA) is 69.1 Å². The number of imidazole rings is 1. The van der Waals surface area contributed by atoms with Gasteiger partial charge in [-0.15, -0.1) is 10.2 Å². The van der Waals surface area contributed by atoms with Gasteiger partial charge in [-0.2, -0.15) is 0 Å². The van der Waals surface area contributed by atoms with Crippen LogP contribution in [0.15, 0.2) is 35.2 Å². The molecule has 0 spiro atoms. The molecule has 4 aromatic heterocycles. The molecule has 0 aliphatic heterocycles. The molecular formula is C18H17N5O. The minimum Gasteiger partial charge on any atom is -0.422 e. The molecule has 0 amide bonds. The van der Waals surface area contributed by atoms with E-state index in [1.54, 1.807) is 0 Å². The van der Waals surface area contributed by atoms with Crippen molar-refractivity contribution in [1.29, 1.82) is 0 Å². The second-order valence-electron chi connectivity index (χ2n) is 6.73. The van der Waals surface area contributed by atoms with Crippen LogP contribution >= 0.6 is 0 Å². The molecule has 6 nitrogen and oxygen atoms in total. The zero-order valence-corrected chi connectivity index (χ0v) is 13.6. The first-order valence-corrected chi connectivity index (χ1v) is 8.30. The molecule has 1 saturated carbocycles. The third-order valence-electron chi connectivity index (χ3n) is 4.64. The van der Waals surface area contributed by atoms with E-state index < -0.39 is 0 Å². The van der Waals surface area contributed by atoms with Crippen LogP contribution in [0.5, 0.6) is 0 Å². The van der Waals surface area contributed by atoms with Crippen molar-refractivity contribution in [2.75, 3.05) is 0 Å². The molecule has 5 rings (SSSR count). The number of aromatic nitrogens is 5. The van der Waals surface area contributed by atoms with E-state index in [2.05, 4.69) is 41.2 Å². The van der Waals surface area contributed by atoms with Crippen LogP contribution in [0.3, 0.4) is 0 Å². The van der Waals surface area contributed by atoms with Gasteiger partial charge in [0.05, 0.1) is 0 Å². The Hall–Kier alpha value is -2.76. The van der Waals surface area contributed by atoms with Crippen LogP contribution in [0.4, 0.5) is 0 Å². The van der Waals surface area contributed by atoms with Crippen molar-refractivity contribution in [3.05, 3.63) is 42.0 Å². The van der Waals surface area contributed by atoms with Crippen LogP contribution in [0.1, 0.15) is 49.8 Å².